The van der Waals surface area contributed by atoms with Crippen LogP contribution in [0.3, 0.4) is 0 Å². The highest BCUT2D eigenvalue weighted by Gasteiger charge is 2.33. The van der Waals surface area contributed by atoms with Crippen LogP contribution in [0.5, 0.6) is 0 Å². The number of hydrogen-bond acceptors (Lipinski definition) is 2. The van der Waals surface area contributed by atoms with E-state index < -0.39 is 0 Å². The Morgan fingerprint density at radius 1 is 1.16 bits per heavy atom. The van der Waals surface area contributed by atoms with E-state index in [1.54, 1.807) is 0 Å². The molecule has 0 radical (unpaired) electrons. The van der Waals surface area contributed by atoms with Crippen molar-refractivity contribution in [3.05, 3.63) is 0 Å². The topological polar surface area (TPSA) is 15.3 Å². The van der Waals surface area contributed by atoms with Gasteiger partial charge in [0.2, 0.25) is 0 Å². The molecule has 1 aliphatic carbocycles. The molecule has 2 heteroatoms. The largest absolute Gasteiger partial charge is 0.313 e. The molecule has 2 nitrogen and oxygen atoms in total. The molecule has 0 aromatic heterocycles. The van der Waals surface area contributed by atoms with Gasteiger partial charge in [-0.05, 0) is 56.9 Å². The third kappa shape index (κ3) is 4.46. The molecule has 0 aromatic rings. The lowest BCUT2D eigenvalue weighted by atomic mass is 9.79. The van der Waals surface area contributed by atoms with Crippen molar-refractivity contribution in [3.8, 4) is 0 Å². The number of rotatable bonds is 6. The van der Waals surface area contributed by atoms with Crippen LogP contribution in [0.1, 0.15) is 59.8 Å². The highest BCUT2D eigenvalue weighted by molar-refractivity contribution is 4.88. The Hall–Kier alpha value is -0.0800. The van der Waals surface area contributed by atoms with Crippen molar-refractivity contribution in [2.45, 2.75) is 71.9 Å². The summed E-state index contributed by atoms with van der Waals surface area (Å²) in [6.45, 7) is 13.3. The van der Waals surface area contributed by atoms with Crippen LogP contribution in [0.15, 0.2) is 0 Å². The number of nitrogens with zero attached hydrogens (tertiary/aromatic N) is 1. The molecule has 0 amide bonds. The smallest absolute Gasteiger partial charge is 0.0198 e. The fourth-order valence-electron chi connectivity index (χ4n) is 3.67. The fourth-order valence-corrected chi connectivity index (χ4v) is 3.67. The molecule has 2 aliphatic rings. The Balaban J connectivity index is 1.77. The maximum absolute atomic E-state index is 3.80. The Morgan fingerprint density at radius 3 is 2.47 bits per heavy atom. The number of likely N-dealkylation sites (tertiary alicyclic amines) is 1. The highest BCUT2D eigenvalue weighted by Crippen LogP contribution is 2.33. The molecule has 0 bridgehead atoms. The first kappa shape index (κ1) is 15.3. The lowest BCUT2D eigenvalue weighted by Crippen LogP contribution is -2.54. The van der Waals surface area contributed by atoms with E-state index in [9.17, 15) is 0 Å². The second kappa shape index (κ2) is 7.08. The van der Waals surface area contributed by atoms with Gasteiger partial charge in [-0.25, -0.2) is 0 Å². The second-order valence-electron chi connectivity index (χ2n) is 7.56. The van der Waals surface area contributed by atoms with Gasteiger partial charge in [0.05, 0.1) is 0 Å². The summed E-state index contributed by atoms with van der Waals surface area (Å²) < 4.78 is 0. The third-order valence-corrected chi connectivity index (χ3v) is 5.25. The molecular weight excluding hydrogens is 232 g/mol. The Kier molecular flexibility index (Phi) is 5.70. The average molecular weight is 266 g/mol. The molecule has 1 saturated carbocycles. The summed E-state index contributed by atoms with van der Waals surface area (Å²) in [6, 6.07) is 1.54. The van der Waals surface area contributed by atoms with Gasteiger partial charge in [-0.1, -0.05) is 27.2 Å². The maximum atomic E-state index is 3.80. The van der Waals surface area contributed by atoms with Crippen molar-refractivity contribution in [2.75, 3.05) is 19.6 Å². The van der Waals surface area contributed by atoms with E-state index in [1.165, 1.54) is 51.7 Å². The first-order valence-electron chi connectivity index (χ1n) is 8.53. The minimum Gasteiger partial charge on any atom is -0.313 e. The van der Waals surface area contributed by atoms with Crippen molar-refractivity contribution in [2.24, 2.45) is 17.8 Å². The van der Waals surface area contributed by atoms with Gasteiger partial charge in [0, 0.05) is 25.2 Å². The van der Waals surface area contributed by atoms with Gasteiger partial charge in [0.1, 0.15) is 0 Å². The molecule has 112 valence electrons. The summed E-state index contributed by atoms with van der Waals surface area (Å²) in [5.74, 6) is 2.66. The number of hydrogen-bond donors (Lipinski definition) is 1. The number of nitrogens with one attached hydrogen (secondary N) is 1. The molecular formula is C17H34N2. The lowest BCUT2D eigenvalue weighted by molar-refractivity contribution is 0.0556. The molecule has 3 unspecified atom stereocenters. The quantitative estimate of drug-likeness (QED) is 0.791. The lowest BCUT2D eigenvalue weighted by Gasteiger charge is -2.45. The van der Waals surface area contributed by atoms with Gasteiger partial charge in [-0.15, -0.1) is 0 Å². The molecule has 1 N–H and O–H groups in total. The summed E-state index contributed by atoms with van der Waals surface area (Å²) >= 11 is 0. The summed E-state index contributed by atoms with van der Waals surface area (Å²) in [6.07, 6.45) is 7.08. The van der Waals surface area contributed by atoms with Crippen molar-refractivity contribution < 1.29 is 0 Å². The van der Waals surface area contributed by atoms with E-state index in [0.29, 0.717) is 0 Å². The molecule has 0 aromatic carbocycles. The second-order valence-corrected chi connectivity index (χ2v) is 7.56. The summed E-state index contributed by atoms with van der Waals surface area (Å²) in [5, 5.41) is 3.80. The monoisotopic (exact) mass is 266 g/mol. The van der Waals surface area contributed by atoms with Gasteiger partial charge >= 0.3 is 0 Å². The van der Waals surface area contributed by atoms with E-state index in [-0.39, 0.29) is 0 Å². The SMILES string of the molecule is CC(C)CCNC1CC(C)CN(C(C)C2CCC2)C1. The van der Waals surface area contributed by atoms with Crippen molar-refractivity contribution >= 4 is 0 Å². The van der Waals surface area contributed by atoms with E-state index in [4.69, 9.17) is 0 Å². The van der Waals surface area contributed by atoms with Gasteiger partial charge < -0.3 is 5.32 Å². The van der Waals surface area contributed by atoms with Crippen molar-refractivity contribution in [3.63, 3.8) is 0 Å². The molecule has 3 atom stereocenters. The van der Waals surface area contributed by atoms with Crippen LogP contribution in [-0.4, -0.2) is 36.6 Å². The summed E-state index contributed by atoms with van der Waals surface area (Å²) in [4.78, 5) is 2.77. The maximum Gasteiger partial charge on any atom is 0.0198 e. The number of piperidine rings is 1. The predicted octanol–water partition coefficient (Wildman–Crippen LogP) is 3.52. The molecule has 19 heavy (non-hydrogen) atoms. The van der Waals surface area contributed by atoms with Crippen LogP contribution in [-0.2, 0) is 0 Å². The van der Waals surface area contributed by atoms with Crippen LogP contribution in [0.25, 0.3) is 0 Å². The normalized spacial score (nSPS) is 31.4. The molecule has 1 heterocycles. The standard InChI is InChI=1S/C17H34N2/c1-13(2)8-9-18-17-10-14(3)11-19(12-17)15(4)16-6-5-7-16/h13-18H,5-12H2,1-4H3. The first-order chi connectivity index (χ1) is 9.06. The van der Waals surface area contributed by atoms with E-state index in [2.05, 4.69) is 37.9 Å². The van der Waals surface area contributed by atoms with Gasteiger partial charge in [0.25, 0.3) is 0 Å². The highest BCUT2D eigenvalue weighted by atomic mass is 15.2. The average Bonchev–Trinajstić information content (AvgIpc) is 2.25. The zero-order valence-electron chi connectivity index (χ0n) is 13.5. The molecule has 2 rings (SSSR count). The minimum absolute atomic E-state index is 0.727. The van der Waals surface area contributed by atoms with E-state index in [0.717, 1.165) is 29.8 Å². The van der Waals surface area contributed by atoms with Gasteiger partial charge in [-0.2, -0.15) is 0 Å². The zero-order valence-corrected chi connectivity index (χ0v) is 13.5. The van der Waals surface area contributed by atoms with Crippen LogP contribution < -0.4 is 5.32 Å². The van der Waals surface area contributed by atoms with Crippen molar-refractivity contribution in [1.82, 2.24) is 10.2 Å². The van der Waals surface area contributed by atoms with Crippen LogP contribution in [0.2, 0.25) is 0 Å². The fraction of sp³-hybridized carbons (Fsp3) is 1.00. The molecule has 2 fully saturated rings. The molecule has 0 spiro atoms. The third-order valence-electron chi connectivity index (χ3n) is 5.25. The molecule has 1 aliphatic heterocycles. The van der Waals surface area contributed by atoms with Crippen molar-refractivity contribution in [1.29, 1.82) is 0 Å². The van der Waals surface area contributed by atoms with Gasteiger partial charge in [0.15, 0.2) is 0 Å². The van der Waals surface area contributed by atoms with E-state index in [1.807, 2.05) is 0 Å². The Morgan fingerprint density at radius 2 is 1.89 bits per heavy atom. The summed E-state index contributed by atoms with van der Waals surface area (Å²) in [7, 11) is 0. The van der Waals surface area contributed by atoms with Gasteiger partial charge in [-0.3, -0.25) is 4.90 Å². The summed E-state index contributed by atoms with van der Waals surface area (Å²) in [5.41, 5.74) is 0. The van der Waals surface area contributed by atoms with Crippen LogP contribution >= 0.6 is 0 Å². The first-order valence-corrected chi connectivity index (χ1v) is 8.53. The van der Waals surface area contributed by atoms with E-state index >= 15 is 0 Å². The zero-order chi connectivity index (χ0) is 13.8. The minimum atomic E-state index is 0.727. The Labute approximate surface area is 120 Å². The molecule has 1 saturated heterocycles. The predicted molar refractivity (Wildman–Crippen MR) is 83.4 cm³/mol. The van der Waals surface area contributed by atoms with Crippen LogP contribution in [0.4, 0.5) is 0 Å². The van der Waals surface area contributed by atoms with Crippen LogP contribution in [0, 0.1) is 17.8 Å². The Bertz CT molecular complexity index is 260.